The molecule has 2 fully saturated rings. The van der Waals surface area contributed by atoms with Crippen molar-refractivity contribution in [3.8, 4) is 11.3 Å². The Morgan fingerprint density at radius 3 is 2.48 bits per heavy atom. The summed E-state index contributed by atoms with van der Waals surface area (Å²) < 4.78 is 13.7. The highest BCUT2D eigenvalue weighted by molar-refractivity contribution is 5.99. The smallest absolute Gasteiger partial charge is 0.257 e. The Hall–Kier alpha value is -2.96. The summed E-state index contributed by atoms with van der Waals surface area (Å²) >= 11 is 0. The Labute approximate surface area is 195 Å². The van der Waals surface area contributed by atoms with Crippen molar-refractivity contribution >= 4 is 5.91 Å². The lowest BCUT2D eigenvalue weighted by Crippen LogP contribution is -2.40. The van der Waals surface area contributed by atoms with Gasteiger partial charge in [0.1, 0.15) is 5.69 Å². The van der Waals surface area contributed by atoms with Gasteiger partial charge in [-0.3, -0.25) is 9.48 Å². The summed E-state index contributed by atoms with van der Waals surface area (Å²) in [6, 6.07) is 18.4. The molecular weight excluding hydrogens is 414 g/mol. The van der Waals surface area contributed by atoms with E-state index in [4.69, 9.17) is 14.6 Å². The third kappa shape index (κ3) is 4.87. The van der Waals surface area contributed by atoms with Crippen LogP contribution in [-0.2, 0) is 16.0 Å². The number of rotatable bonds is 4. The van der Waals surface area contributed by atoms with Crippen LogP contribution in [0.1, 0.15) is 40.7 Å². The van der Waals surface area contributed by atoms with Crippen LogP contribution in [0.25, 0.3) is 11.3 Å². The van der Waals surface area contributed by atoms with Crippen molar-refractivity contribution in [1.82, 2.24) is 14.7 Å². The summed E-state index contributed by atoms with van der Waals surface area (Å²) in [6.07, 6.45) is 4.55. The maximum absolute atomic E-state index is 13.7. The molecule has 3 aromatic rings. The molecule has 6 nitrogen and oxygen atoms in total. The molecule has 33 heavy (non-hydrogen) atoms. The molecular formula is C27H31N3O3. The van der Waals surface area contributed by atoms with Gasteiger partial charge in [-0.15, -0.1) is 0 Å². The Bertz CT molecular complexity index is 1090. The van der Waals surface area contributed by atoms with Gasteiger partial charge in [-0.1, -0.05) is 60.2 Å². The molecule has 2 aliphatic heterocycles. The predicted molar refractivity (Wildman–Crippen MR) is 127 cm³/mol. The van der Waals surface area contributed by atoms with Gasteiger partial charge in [0.05, 0.1) is 24.3 Å². The van der Waals surface area contributed by atoms with Crippen LogP contribution < -0.4 is 0 Å². The van der Waals surface area contributed by atoms with E-state index in [-0.39, 0.29) is 11.5 Å². The van der Waals surface area contributed by atoms with Gasteiger partial charge in [-0.05, 0) is 31.7 Å². The molecule has 0 aliphatic carbocycles. The quantitative estimate of drug-likeness (QED) is 0.600. The Balaban J connectivity index is 1.42. The zero-order chi connectivity index (χ0) is 22.7. The third-order valence-electron chi connectivity index (χ3n) is 6.80. The molecule has 1 amide bonds. The van der Waals surface area contributed by atoms with E-state index in [0.29, 0.717) is 31.8 Å². The zero-order valence-corrected chi connectivity index (χ0v) is 19.2. The topological polar surface area (TPSA) is 56.6 Å². The van der Waals surface area contributed by atoms with Crippen molar-refractivity contribution in [2.75, 3.05) is 32.9 Å². The predicted octanol–water partition coefficient (Wildman–Crippen LogP) is 4.32. The minimum absolute atomic E-state index is 0.0256. The lowest BCUT2D eigenvalue weighted by molar-refractivity contribution is -0.105. The van der Waals surface area contributed by atoms with Crippen molar-refractivity contribution in [3.05, 3.63) is 77.5 Å². The van der Waals surface area contributed by atoms with E-state index in [2.05, 4.69) is 31.2 Å². The maximum Gasteiger partial charge on any atom is 0.257 e. The second kappa shape index (κ2) is 9.49. The molecule has 0 atom stereocenters. The number of benzene rings is 2. The number of ether oxygens (including phenoxy) is 2. The highest BCUT2D eigenvalue weighted by atomic mass is 16.5. The summed E-state index contributed by atoms with van der Waals surface area (Å²) in [5.74, 6) is 0.0256. The van der Waals surface area contributed by atoms with E-state index in [1.165, 1.54) is 5.56 Å². The number of nitrogens with zero attached hydrogens (tertiary/aromatic N) is 3. The number of aryl methyl sites for hydroxylation is 1. The summed E-state index contributed by atoms with van der Waals surface area (Å²) in [7, 11) is 0. The van der Waals surface area contributed by atoms with Crippen LogP contribution >= 0.6 is 0 Å². The van der Waals surface area contributed by atoms with Crippen molar-refractivity contribution in [2.24, 2.45) is 0 Å². The van der Waals surface area contributed by atoms with Gasteiger partial charge in [-0.25, -0.2) is 0 Å². The Morgan fingerprint density at radius 2 is 1.73 bits per heavy atom. The standard InChI is InChI=1S/C27H31N3O3/c1-21-7-9-23(10-8-21)25-24(20-30(28-25)19-22-5-3-2-4-6-22)26(31)29-14-11-27(33-18-15-29)12-16-32-17-13-27/h2-10,20H,11-19H2,1H3. The number of hydrogen-bond acceptors (Lipinski definition) is 4. The first kappa shape index (κ1) is 21.9. The van der Waals surface area contributed by atoms with Gasteiger partial charge in [0, 0.05) is 38.1 Å². The summed E-state index contributed by atoms with van der Waals surface area (Å²) in [4.78, 5) is 15.7. The molecule has 172 valence electrons. The van der Waals surface area contributed by atoms with Gasteiger partial charge < -0.3 is 14.4 Å². The van der Waals surface area contributed by atoms with Crippen LogP contribution in [0.4, 0.5) is 0 Å². The molecule has 1 spiro atoms. The van der Waals surface area contributed by atoms with Crippen molar-refractivity contribution in [2.45, 2.75) is 38.3 Å². The molecule has 2 saturated heterocycles. The fourth-order valence-electron chi connectivity index (χ4n) is 4.76. The molecule has 0 bridgehead atoms. The largest absolute Gasteiger partial charge is 0.381 e. The second-order valence-corrected chi connectivity index (χ2v) is 9.13. The number of aromatic nitrogens is 2. The SMILES string of the molecule is Cc1ccc(-c2nn(Cc3ccccc3)cc2C(=O)N2CCOC3(CCOCC3)CC2)cc1. The van der Waals surface area contributed by atoms with Crippen LogP contribution in [0.2, 0.25) is 0 Å². The highest BCUT2D eigenvalue weighted by Gasteiger charge is 2.37. The van der Waals surface area contributed by atoms with Crippen LogP contribution in [0.3, 0.4) is 0 Å². The van der Waals surface area contributed by atoms with Crippen LogP contribution in [-0.4, -0.2) is 59.1 Å². The number of carbonyl (C=O) groups excluding carboxylic acids is 1. The van der Waals surface area contributed by atoms with Crippen LogP contribution in [0.5, 0.6) is 0 Å². The Kier molecular flexibility index (Phi) is 6.29. The molecule has 5 rings (SSSR count). The maximum atomic E-state index is 13.7. The molecule has 0 unspecified atom stereocenters. The first-order chi connectivity index (χ1) is 16.1. The lowest BCUT2D eigenvalue weighted by Gasteiger charge is -2.35. The van der Waals surface area contributed by atoms with Gasteiger partial charge in [0.2, 0.25) is 0 Å². The van der Waals surface area contributed by atoms with Gasteiger partial charge in [0.15, 0.2) is 0 Å². The van der Waals surface area contributed by atoms with E-state index in [0.717, 1.165) is 49.3 Å². The van der Waals surface area contributed by atoms with E-state index in [1.807, 2.05) is 46.1 Å². The molecule has 1 aromatic heterocycles. The van der Waals surface area contributed by atoms with Crippen molar-refractivity contribution < 1.29 is 14.3 Å². The monoisotopic (exact) mass is 445 g/mol. The van der Waals surface area contributed by atoms with E-state index in [1.54, 1.807) is 0 Å². The molecule has 3 heterocycles. The molecule has 6 heteroatoms. The molecule has 2 aliphatic rings. The molecule has 0 radical (unpaired) electrons. The summed E-state index contributed by atoms with van der Waals surface area (Å²) in [5, 5.41) is 4.85. The number of carbonyl (C=O) groups is 1. The Morgan fingerprint density at radius 1 is 0.970 bits per heavy atom. The van der Waals surface area contributed by atoms with E-state index >= 15 is 0 Å². The second-order valence-electron chi connectivity index (χ2n) is 9.13. The average Bonchev–Trinajstić information content (AvgIpc) is 3.15. The first-order valence-electron chi connectivity index (χ1n) is 11.8. The fraction of sp³-hybridized carbons (Fsp3) is 0.407. The summed E-state index contributed by atoms with van der Waals surface area (Å²) in [6.45, 7) is 6.00. The fourth-order valence-corrected chi connectivity index (χ4v) is 4.76. The van der Waals surface area contributed by atoms with Gasteiger partial charge in [0.25, 0.3) is 5.91 Å². The first-order valence-corrected chi connectivity index (χ1v) is 11.8. The minimum atomic E-state index is -0.148. The van der Waals surface area contributed by atoms with Crippen LogP contribution in [0, 0.1) is 6.92 Å². The highest BCUT2D eigenvalue weighted by Crippen LogP contribution is 2.32. The van der Waals surface area contributed by atoms with Crippen molar-refractivity contribution in [1.29, 1.82) is 0 Å². The van der Waals surface area contributed by atoms with E-state index in [9.17, 15) is 4.79 Å². The molecule has 2 aromatic carbocycles. The number of hydrogen-bond donors (Lipinski definition) is 0. The average molecular weight is 446 g/mol. The van der Waals surface area contributed by atoms with Gasteiger partial charge in [-0.2, -0.15) is 5.10 Å². The van der Waals surface area contributed by atoms with E-state index < -0.39 is 0 Å². The molecule has 0 N–H and O–H groups in total. The lowest BCUT2D eigenvalue weighted by atomic mass is 9.90. The normalized spacial score (nSPS) is 18.3. The third-order valence-corrected chi connectivity index (χ3v) is 6.80. The van der Waals surface area contributed by atoms with Gasteiger partial charge >= 0.3 is 0 Å². The number of amides is 1. The zero-order valence-electron chi connectivity index (χ0n) is 19.2. The van der Waals surface area contributed by atoms with Crippen LogP contribution in [0.15, 0.2) is 60.8 Å². The summed E-state index contributed by atoms with van der Waals surface area (Å²) in [5.41, 5.74) is 4.54. The minimum Gasteiger partial charge on any atom is -0.381 e. The van der Waals surface area contributed by atoms with Crippen molar-refractivity contribution in [3.63, 3.8) is 0 Å². The molecule has 0 saturated carbocycles.